The lowest BCUT2D eigenvalue weighted by atomic mass is 10.2. The Morgan fingerprint density at radius 3 is 3.00 bits per heavy atom. The molecule has 0 spiro atoms. The lowest BCUT2D eigenvalue weighted by Gasteiger charge is -1.98. The smallest absolute Gasteiger partial charge is 0.0772 e. The lowest BCUT2D eigenvalue weighted by Crippen LogP contribution is -1.93. The highest BCUT2D eigenvalue weighted by atomic mass is 31.0. The molecule has 14 heavy (non-hydrogen) atoms. The lowest BCUT2D eigenvalue weighted by molar-refractivity contribution is 0.269. The summed E-state index contributed by atoms with van der Waals surface area (Å²) in [6.07, 6.45) is 5.88. The Hall–Kier alpha value is -0.350. The number of rotatable bonds is 4. The third-order valence-corrected chi connectivity index (χ3v) is 2.86. The summed E-state index contributed by atoms with van der Waals surface area (Å²) in [7, 11) is 2.22. The molecule has 0 radical (unpaired) electrons. The van der Waals surface area contributed by atoms with E-state index in [1.807, 2.05) is 19.1 Å². The van der Waals surface area contributed by atoms with Gasteiger partial charge in [-0.2, -0.15) is 0 Å². The van der Waals surface area contributed by atoms with Gasteiger partial charge in [0.15, 0.2) is 0 Å². The van der Waals surface area contributed by atoms with Crippen LogP contribution in [-0.2, 0) is 4.52 Å². The summed E-state index contributed by atoms with van der Waals surface area (Å²) in [5.41, 5.74) is 0. The Balaban J connectivity index is 2.12. The molecule has 0 bridgehead atoms. The molecule has 1 aliphatic rings. The zero-order valence-electron chi connectivity index (χ0n) is 8.44. The standard InChI is InChI=1S/C11H17O2P/c1-9(13-14)5-3-2-4-6-10-7-11(10)8-12/h3,5,9-12H,6-8,14H2,1H3/b5-3+/t9?,10-,11+/m0/s1. The van der Waals surface area contributed by atoms with Gasteiger partial charge in [-0.25, -0.2) is 0 Å². The van der Waals surface area contributed by atoms with Gasteiger partial charge in [-0.1, -0.05) is 11.8 Å². The predicted molar refractivity (Wildman–Crippen MR) is 60.5 cm³/mol. The maximum atomic E-state index is 8.80. The van der Waals surface area contributed by atoms with Gasteiger partial charge in [0.1, 0.15) is 0 Å². The highest BCUT2D eigenvalue weighted by molar-refractivity contribution is 7.09. The maximum Gasteiger partial charge on any atom is 0.0772 e. The van der Waals surface area contributed by atoms with E-state index in [1.165, 1.54) is 0 Å². The summed E-state index contributed by atoms with van der Waals surface area (Å²) in [4.78, 5) is 0. The fraction of sp³-hybridized carbons (Fsp3) is 0.636. The molecule has 0 saturated heterocycles. The van der Waals surface area contributed by atoms with Gasteiger partial charge in [-0.05, 0) is 37.3 Å². The van der Waals surface area contributed by atoms with Gasteiger partial charge in [0.2, 0.25) is 0 Å². The van der Waals surface area contributed by atoms with E-state index in [1.54, 1.807) is 0 Å². The maximum absolute atomic E-state index is 8.80. The van der Waals surface area contributed by atoms with Crippen LogP contribution in [-0.4, -0.2) is 17.8 Å². The van der Waals surface area contributed by atoms with Crippen molar-refractivity contribution in [2.24, 2.45) is 11.8 Å². The third kappa shape index (κ3) is 4.24. The highest BCUT2D eigenvalue weighted by Crippen LogP contribution is 2.40. The summed E-state index contributed by atoms with van der Waals surface area (Å²) >= 11 is 0. The van der Waals surface area contributed by atoms with Crippen molar-refractivity contribution in [1.82, 2.24) is 0 Å². The average molecular weight is 212 g/mol. The number of aliphatic hydroxyl groups excluding tert-OH is 1. The van der Waals surface area contributed by atoms with Crippen molar-refractivity contribution in [1.29, 1.82) is 0 Å². The molecule has 0 aliphatic heterocycles. The van der Waals surface area contributed by atoms with Gasteiger partial charge in [0.05, 0.1) is 6.10 Å². The molecule has 0 aromatic rings. The van der Waals surface area contributed by atoms with Crippen LogP contribution in [0.5, 0.6) is 0 Å². The van der Waals surface area contributed by atoms with Crippen molar-refractivity contribution in [2.75, 3.05) is 6.61 Å². The van der Waals surface area contributed by atoms with Gasteiger partial charge in [-0.15, -0.1) is 0 Å². The molecule has 0 aromatic carbocycles. The van der Waals surface area contributed by atoms with Crippen LogP contribution in [0.25, 0.3) is 0 Å². The van der Waals surface area contributed by atoms with Crippen LogP contribution in [0, 0.1) is 23.7 Å². The summed E-state index contributed by atoms with van der Waals surface area (Å²) in [6.45, 7) is 2.27. The first-order valence-electron chi connectivity index (χ1n) is 4.89. The molecule has 4 atom stereocenters. The van der Waals surface area contributed by atoms with Crippen LogP contribution in [0.2, 0.25) is 0 Å². The molecule has 0 amide bonds. The van der Waals surface area contributed by atoms with Crippen LogP contribution in [0.15, 0.2) is 12.2 Å². The molecule has 3 heteroatoms. The Labute approximate surface area is 88.0 Å². The topological polar surface area (TPSA) is 29.5 Å². The molecule has 0 heterocycles. The van der Waals surface area contributed by atoms with Gasteiger partial charge >= 0.3 is 0 Å². The zero-order valence-corrected chi connectivity index (χ0v) is 9.60. The SMILES string of the molecule is CC(/C=C/C#CC[C@H]1C[C@@H]1CO)OP. The van der Waals surface area contributed by atoms with Crippen LogP contribution < -0.4 is 0 Å². The molecule has 2 nitrogen and oxygen atoms in total. The van der Waals surface area contributed by atoms with Crippen molar-refractivity contribution in [2.45, 2.75) is 25.9 Å². The van der Waals surface area contributed by atoms with Crippen LogP contribution in [0.4, 0.5) is 0 Å². The van der Waals surface area contributed by atoms with Crippen LogP contribution >= 0.6 is 9.47 Å². The Morgan fingerprint density at radius 2 is 2.43 bits per heavy atom. The Morgan fingerprint density at radius 1 is 1.64 bits per heavy atom. The van der Waals surface area contributed by atoms with Crippen molar-refractivity contribution in [3.8, 4) is 11.8 Å². The number of allylic oxidation sites excluding steroid dienone is 1. The fourth-order valence-electron chi connectivity index (χ4n) is 1.26. The Bertz CT molecular complexity index is 252. The summed E-state index contributed by atoms with van der Waals surface area (Å²) in [5, 5.41) is 8.80. The first-order chi connectivity index (χ1) is 6.77. The van der Waals surface area contributed by atoms with E-state index in [9.17, 15) is 0 Å². The fourth-order valence-corrected chi connectivity index (χ4v) is 1.35. The molecule has 1 fully saturated rings. The number of aliphatic hydroxyl groups is 1. The zero-order chi connectivity index (χ0) is 10.4. The van der Waals surface area contributed by atoms with Gasteiger partial charge in [0, 0.05) is 22.5 Å². The predicted octanol–water partition coefficient (Wildman–Crippen LogP) is 1.76. The van der Waals surface area contributed by atoms with Crippen LogP contribution in [0.3, 0.4) is 0 Å². The Kier molecular flexibility index (Phi) is 5.19. The second-order valence-electron chi connectivity index (χ2n) is 3.66. The van der Waals surface area contributed by atoms with E-state index in [0.717, 1.165) is 12.8 Å². The highest BCUT2D eigenvalue weighted by Gasteiger charge is 2.34. The third-order valence-electron chi connectivity index (χ3n) is 2.44. The van der Waals surface area contributed by atoms with E-state index in [2.05, 4.69) is 21.3 Å². The van der Waals surface area contributed by atoms with Gasteiger partial charge in [0.25, 0.3) is 0 Å². The van der Waals surface area contributed by atoms with Gasteiger partial charge < -0.3 is 9.63 Å². The average Bonchev–Trinajstić information content (AvgIpc) is 2.95. The second-order valence-corrected chi connectivity index (χ2v) is 3.94. The van der Waals surface area contributed by atoms with E-state index >= 15 is 0 Å². The minimum Gasteiger partial charge on any atom is -0.396 e. The molecule has 1 saturated carbocycles. The quantitative estimate of drug-likeness (QED) is 0.568. The monoisotopic (exact) mass is 212 g/mol. The van der Waals surface area contributed by atoms with E-state index in [-0.39, 0.29) is 6.10 Å². The van der Waals surface area contributed by atoms with Gasteiger partial charge in [-0.3, -0.25) is 0 Å². The van der Waals surface area contributed by atoms with E-state index < -0.39 is 0 Å². The first kappa shape index (κ1) is 11.7. The summed E-state index contributed by atoms with van der Waals surface area (Å²) in [5.74, 6) is 7.20. The molecule has 78 valence electrons. The van der Waals surface area contributed by atoms with E-state index in [0.29, 0.717) is 18.4 Å². The molecular weight excluding hydrogens is 195 g/mol. The number of hydrogen-bond donors (Lipinski definition) is 1. The van der Waals surface area contributed by atoms with Crippen molar-refractivity contribution in [3.05, 3.63) is 12.2 Å². The van der Waals surface area contributed by atoms with Crippen molar-refractivity contribution >= 4 is 9.47 Å². The molecule has 0 aromatic heterocycles. The number of hydrogen-bond acceptors (Lipinski definition) is 2. The largest absolute Gasteiger partial charge is 0.396 e. The van der Waals surface area contributed by atoms with Crippen molar-refractivity contribution < 1.29 is 9.63 Å². The van der Waals surface area contributed by atoms with Crippen molar-refractivity contribution in [3.63, 3.8) is 0 Å². The summed E-state index contributed by atoms with van der Waals surface area (Å²) < 4.78 is 4.95. The summed E-state index contributed by atoms with van der Waals surface area (Å²) in [6, 6.07) is 0. The molecular formula is C11H17O2P. The molecule has 2 unspecified atom stereocenters. The minimum absolute atomic E-state index is 0.0976. The van der Waals surface area contributed by atoms with E-state index in [4.69, 9.17) is 9.63 Å². The molecule has 1 N–H and O–H groups in total. The molecule has 1 aliphatic carbocycles. The minimum atomic E-state index is 0.0976. The van der Waals surface area contributed by atoms with Crippen LogP contribution in [0.1, 0.15) is 19.8 Å². The second kappa shape index (κ2) is 6.19. The molecule has 1 rings (SSSR count). The normalized spacial score (nSPS) is 27.1. The first-order valence-corrected chi connectivity index (χ1v) is 5.36.